The maximum atomic E-state index is 13.6. The first-order valence-electron chi connectivity index (χ1n) is 8.05. The number of halogens is 2. The summed E-state index contributed by atoms with van der Waals surface area (Å²) in [6.07, 6.45) is 0. The highest BCUT2D eigenvalue weighted by Gasteiger charge is 2.30. The van der Waals surface area contributed by atoms with E-state index in [9.17, 15) is 19.3 Å². The Morgan fingerprint density at radius 1 is 1.29 bits per heavy atom. The number of thiocarbonyl (C=S) groups is 1. The standard InChI is InChI=1S/C18H14BrFN4O3S/c1-9-15(17(25)22-11-3-5-12(6-4-11)24(26)27)16(23-18(28)21-9)10-2-7-14(20)13(19)8-10/h2-8,16H,1H3,(H,22,25)(H2,21,23,28). The molecular formula is C18H14BrFN4O3S. The number of hydrogen-bond donors (Lipinski definition) is 3. The van der Waals surface area contributed by atoms with E-state index in [1.807, 2.05) is 0 Å². The molecule has 1 heterocycles. The van der Waals surface area contributed by atoms with Crippen LogP contribution in [0.4, 0.5) is 15.8 Å². The normalized spacial score (nSPS) is 16.2. The summed E-state index contributed by atoms with van der Waals surface area (Å²) in [5.74, 6) is -0.836. The first-order chi connectivity index (χ1) is 13.3. The van der Waals surface area contributed by atoms with Crippen LogP contribution in [0.2, 0.25) is 0 Å². The third-order valence-corrected chi connectivity index (χ3v) is 4.95. The monoisotopic (exact) mass is 464 g/mol. The van der Waals surface area contributed by atoms with Crippen LogP contribution >= 0.6 is 28.1 Å². The summed E-state index contributed by atoms with van der Waals surface area (Å²) >= 11 is 8.34. The molecule has 0 bridgehead atoms. The lowest BCUT2D eigenvalue weighted by Gasteiger charge is -2.30. The molecule has 2 aromatic rings. The van der Waals surface area contributed by atoms with Crippen molar-refractivity contribution in [1.82, 2.24) is 10.6 Å². The number of carbonyl (C=O) groups is 1. The molecule has 3 N–H and O–H groups in total. The van der Waals surface area contributed by atoms with Gasteiger partial charge in [0.2, 0.25) is 0 Å². The summed E-state index contributed by atoms with van der Waals surface area (Å²) in [6.45, 7) is 1.71. The smallest absolute Gasteiger partial charge is 0.269 e. The van der Waals surface area contributed by atoms with E-state index in [1.165, 1.54) is 30.3 Å². The van der Waals surface area contributed by atoms with Gasteiger partial charge in [0.1, 0.15) is 5.82 Å². The van der Waals surface area contributed by atoms with Gasteiger partial charge in [-0.1, -0.05) is 6.07 Å². The lowest BCUT2D eigenvalue weighted by Crippen LogP contribution is -2.45. The van der Waals surface area contributed by atoms with Crippen molar-refractivity contribution in [1.29, 1.82) is 0 Å². The van der Waals surface area contributed by atoms with Crippen LogP contribution in [0.5, 0.6) is 0 Å². The fourth-order valence-electron chi connectivity index (χ4n) is 2.80. The number of hydrogen-bond acceptors (Lipinski definition) is 4. The zero-order valence-electron chi connectivity index (χ0n) is 14.5. The van der Waals surface area contributed by atoms with Gasteiger partial charge >= 0.3 is 0 Å². The van der Waals surface area contributed by atoms with Crippen LogP contribution in [0, 0.1) is 15.9 Å². The quantitative estimate of drug-likeness (QED) is 0.360. The van der Waals surface area contributed by atoms with Crippen LogP contribution in [-0.4, -0.2) is 15.9 Å². The summed E-state index contributed by atoms with van der Waals surface area (Å²) in [5.41, 5.74) is 1.89. The molecule has 0 fully saturated rings. The van der Waals surface area contributed by atoms with Gasteiger partial charge in [-0.3, -0.25) is 14.9 Å². The van der Waals surface area contributed by atoms with E-state index in [0.29, 0.717) is 27.6 Å². The summed E-state index contributed by atoms with van der Waals surface area (Å²) in [6, 6.07) is 9.35. The van der Waals surface area contributed by atoms with Crippen LogP contribution in [0.3, 0.4) is 0 Å². The minimum Gasteiger partial charge on any atom is -0.351 e. The van der Waals surface area contributed by atoms with Crippen LogP contribution in [0.1, 0.15) is 18.5 Å². The Morgan fingerprint density at radius 2 is 1.96 bits per heavy atom. The van der Waals surface area contributed by atoms with Crippen molar-refractivity contribution in [3.8, 4) is 0 Å². The predicted octanol–water partition coefficient (Wildman–Crippen LogP) is 3.93. The number of rotatable bonds is 4. The number of non-ortho nitro benzene ring substituents is 1. The minimum absolute atomic E-state index is 0.0752. The van der Waals surface area contributed by atoms with Crippen molar-refractivity contribution in [2.45, 2.75) is 13.0 Å². The van der Waals surface area contributed by atoms with Crippen LogP contribution < -0.4 is 16.0 Å². The van der Waals surface area contributed by atoms with E-state index in [-0.39, 0.29) is 10.2 Å². The molecular weight excluding hydrogens is 451 g/mol. The molecule has 3 rings (SSSR count). The van der Waals surface area contributed by atoms with Crippen LogP contribution in [-0.2, 0) is 4.79 Å². The van der Waals surface area contributed by atoms with Crippen molar-refractivity contribution in [2.75, 3.05) is 5.32 Å². The number of nitrogens with one attached hydrogen (secondary N) is 3. The highest BCUT2D eigenvalue weighted by atomic mass is 79.9. The molecule has 1 atom stereocenters. The summed E-state index contributed by atoms with van der Waals surface area (Å²) in [4.78, 5) is 23.2. The average molecular weight is 465 g/mol. The van der Waals surface area contributed by atoms with E-state index in [2.05, 4.69) is 31.9 Å². The van der Waals surface area contributed by atoms with E-state index >= 15 is 0 Å². The molecule has 0 saturated heterocycles. The van der Waals surface area contributed by atoms with Crippen LogP contribution in [0.15, 0.2) is 58.2 Å². The Kier molecular flexibility index (Phi) is 5.71. The molecule has 28 heavy (non-hydrogen) atoms. The lowest BCUT2D eigenvalue weighted by molar-refractivity contribution is -0.384. The average Bonchev–Trinajstić information content (AvgIpc) is 2.63. The molecule has 1 unspecified atom stereocenters. The number of nitro groups is 1. The zero-order chi connectivity index (χ0) is 20.4. The highest BCUT2D eigenvalue weighted by Crippen LogP contribution is 2.30. The summed E-state index contributed by atoms with van der Waals surface area (Å²) in [5, 5.41) is 19.8. The number of nitro benzene ring substituents is 1. The summed E-state index contributed by atoms with van der Waals surface area (Å²) < 4.78 is 13.9. The molecule has 144 valence electrons. The lowest BCUT2D eigenvalue weighted by atomic mass is 9.95. The molecule has 2 aromatic carbocycles. The minimum atomic E-state index is -0.594. The van der Waals surface area contributed by atoms with Crippen LogP contribution in [0.25, 0.3) is 0 Å². The molecule has 0 aliphatic carbocycles. The van der Waals surface area contributed by atoms with Crippen molar-refractivity contribution in [3.63, 3.8) is 0 Å². The zero-order valence-corrected chi connectivity index (χ0v) is 16.9. The third-order valence-electron chi connectivity index (χ3n) is 4.13. The fraction of sp³-hybridized carbons (Fsp3) is 0.111. The van der Waals surface area contributed by atoms with Crippen molar-refractivity contribution in [2.24, 2.45) is 0 Å². The SMILES string of the molecule is CC1=C(C(=O)Nc2ccc([N+](=O)[O-])cc2)C(c2ccc(F)c(Br)c2)NC(=S)N1. The molecule has 0 spiro atoms. The second kappa shape index (κ2) is 8.03. The van der Waals surface area contributed by atoms with Gasteiger partial charge in [-0.2, -0.15) is 0 Å². The Balaban J connectivity index is 1.92. The van der Waals surface area contributed by atoms with Gasteiger partial charge in [-0.05, 0) is 64.9 Å². The molecule has 10 heteroatoms. The Morgan fingerprint density at radius 3 is 2.57 bits per heavy atom. The number of anilines is 1. The van der Waals surface area contributed by atoms with Crippen molar-refractivity contribution in [3.05, 3.63) is 79.7 Å². The number of amides is 1. The van der Waals surface area contributed by atoms with Gasteiger partial charge < -0.3 is 16.0 Å². The number of carbonyl (C=O) groups excluding carboxylic acids is 1. The number of benzene rings is 2. The molecule has 1 amide bonds. The molecule has 0 saturated carbocycles. The van der Waals surface area contributed by atoms with E-state index < -0.39 is 22.7 Å². The Hall–Kier alpha value is -2.85. The van der Waals surface area contributed by atoms with Crippen molar-refractivity contribution < 1.29 is 14.1 Å². The van der Waals surface area contributed by atoms with Gasteiger partial charge in [0.25, 0.3) is 11.6 Å². The highest BCUT2D eigenvalue weighted by molar-refractivity contribution is 9.10. The predicted molar refractivity (Wildman–Crippen MR) is 110 cm³/mol. The largest absolute Gasteiger partial charge is 0.351 e. The van der Waals surface area contributed by atoms with E-state index in [0.717, 1.165) is 0 Å². The fourth-order valence-corrected chi connectivity index (χ4v) is 3.47. The molecule has 0 aromatic heterocycles. The molecule has 1 aliphatic heterocycles. The van der Waals surface area contributed by atoms with Gasteiger partial charge in [0.15, 0.2) is 5.11 Å². The second-order valence-corrected chi connectivity index (χ2v) is 7.26. The molecule has 7 nitrogen and oxygen atoms in total. The van der Waals surface area contributed by atoms with Gasteiger partial charge in [0.05, 0.1) is 21.0 Å². The maximum absolute atomic E-state index is 13.6. The van der Waals surface area contributed by atoms with Gasteiger partial charge in [0, 0.05) is 23.5 Å². The maximum Gasteiger partial charge on any atom is 0.269 e. The summed E-state index contributed by atoms with van der Waals surface area (Å²) in [7, 11) is 0. The topological polar surface area (TPSA) is 96.3 Å². The third kappa shape index (κ3) is 4.18. The van der Waals surface area contributed by atoms with E-state index in [4.69, 9.17) is 12.2 Å². The second-order valence-electron chi connectivity index (χ2n) is 6.00. The number of allylic oxidation sites excluding steroid dienone is 1. The number of nitrogens with zero attached hydrogens (tertiary/aromatic N) is 1. The first-order valence-corrected chi connectivity index (χ1v) is 9.25. The Labute approximate surface area is 173 Å². The molecule has 0 radical (unpaired) electrons. The Bertz CT molecular complexity index is 1010. The van der Waals surface area contributed by atoms with Crippen molar-refractivity contribution >= 4 is 50.5 Å². The first kappa shape index (κ1) is 19.9. The van der Waals surface area contributed by atoms with Gasteiger partial charge in [-0.15, -0.1) is 0 Å². The van der Waals surface area contributed by atoms with Gasteiger partial charge in [-0.25, -0.2) is 4.39 Å². The van der Waals surface area contributed by atoms with E-state index in [1.54, 1.807) is 19.1 Å². The molecule has 1 aliphatic rings.